The molecule has 0 bridgehead atoms. The largest absolute Gasteiger partial charge is 0.465 e. The minimum absolute atomic E-state index is 0.234. The average Bonchev–Trinajstić information content (AvgIpc) is 3.18. The first kappa shape index (κ1) is 16.6. The molecule has 0 radical (unpaired) electrons. The summed E-state index contributed by atoms with van der Waals surface area (Å²) in [5.41, 5.74) is 2.07. The lowest BCUT2D eigenvalue weighted by molar-refractivity contribution is -0.142. The lowest BCUT2D eigenvalue weighted by Gasteiger charge is -2.11. The molecule has 1 unspecified atom stereocenters. The van der Waals surface area contributed by atoms with E-state index in [9.17, 15) is 4.79 Å². The van der Waals surface area contributed by atoms with Crippen LogP contribution in [0.25, 0.3) is 22.3 Å². The van der Waals surface area contributed by atoms with Crippen LogP contribution in [0.1, 0.15) is 20.8 Å². The zero-order valence-corrected chi connectivity index (χ0v) is 14.8. The zero-order valence-electron chi connectivity index (χ0n) is 13.9. The molecule has 0 fully saturated rings. The van der Waals surface area contributed by atoms with E-state index in [0.717, 1.165) is 34.0 Å². The Bertz CT molecular complexity index is 855. The van der Waals surface area contributed by atoms with E-state index in [1.807, 2.05) is 42.8 Å². The standard InChI is InChI=1S/C17H20N4O2S/c1-4-21-15(13-10-18-14-9-7-6-8-12(13)14)19-20-17(21)24-11(3)16(22)23-5-2/h6-11,18H,4-5H2,1-3H3. The topological polar surface area (TPSA) is 72.8 Å². The Balaban J connectivity index is 1.94. The Morgan fingerprint density at radius 1 is 1.33 bits per heavy atom. The number of nitrogens with one attached hydrogen (secondary N) is 1. The van der Waals surface area contributed by atoms with Gasteiger partial charge < -0.3 is 14.3 Å². The first-order chi connectivity index (χ1) is 11.7. The molecule has 0 aliphatic heterocycles. The maximum absolute atomic E-state index is 11.9. The number of hydrogen-bond donors (Lipinski definition) is 1. The first-order valence-corrected chi connectivity index (χ1v) is 8.86. The van der Waals surface area contributed by atoms with Gasteiger partial charge in [-0.05, 0) is 26.8 Å². The molecule has 3 rings (SSSR count). The van der Waals surface area contributed by atoms with Crippen LogP contribution >= 0.6 is 11.8 Å². The summed E-state index contributed by atoms with van der Waals surface area (Å²) in [7, 11) is 0. The second kappa shape index (κ2) is 7.09. The number of hydrogen-bond acceptors (Lipinski definition) is 5. The van der Waals surface area contributed by atoms with E-state index in [-0.39, 0.29) is 11.2 Å². The van der Waals surface area contributed by atoms with Crippen molar-refractivity contribution in [3.8, 4) is 11.4 Å². The predicted octanol–water partition coefficient (Wildman–Crippen LogP) is 3.49. The van der Waals surface area contributed by atoms with Gasteiger partial charge in [-0.25, -0.2) is 0 Å². The Labute approximate surface area is 144 Å². The lowest BCUT2D eigenvalue weighted by atomic mass is 10.1. The lowest BCUT2D eigenvalue weighted by Crippen LogP contribution is -2.17. The van der Waals surface area contributed by atoms with Crippen molar-refractivity contribution in [2.45, 2.75) is 37.7 Å². The van der Waals surface area contributed by atoms with Gasteiger partial charge in [-0.3, -0.25) is 4.79 Å². The molecule has 0 saturated carbocycles. The second-order valence-corrected chi connectivity index (χ2v) is 6.62. The van der Waals surface area contributed by atoms with Crippen molar-refractivity contribution in [1.29, 1.82) is 0 Å². The van der Waals surface area contributed by atoms with Crippen LogP contribution in [0.3, 0.4) is 0 Å². The van der Waals surface area contributed by atoms with Crippen molar-refractivity contribution < 1.29 is 9.53 Å². The number of para-hydroxylation sites is 1. The van der Waals surface area contributed by atoms with Gasteiger partial charge in [0, 0.05) is 29.2 Å². The smallest absolute Gasteiger partial charge is 0.319 e. The number of carbonyl (C=O) groups excluding carboxylic acids is 1. The van der Waals surface area contributed by atoms with Crippen molar-refractivity contribution >= 4 is 28.6 Å². The maximum atomic E-state index is 11.9. The number of benzene rings is 1. The average molecular weight is 344 g/mol. The van der Waals surface area contributed by atoms with E-state index in [4.69, 9.17) is 4.74 Å². The summed E-state index contributed by atoms with van der Waals surface area (Å²) < 4.78 is 7.09. The van der Waals surface area contributed by atoms with Crippen molar-refractivity contribution in [3.05, 3.63) is 30.5 Å². The van der Waals surface area contributed by atoms with E-state index < -0.39 is 0 Å². The molecule has 3 aromatic rings. The number of H-pyrrole nitrogens is 1. The molecule has 0 spiro atoms. The van der Waals surface area contributed by atoms with E-state index in [2.05, 4.69) is 21.2 Å². The number of rotatable bonds is 6. The van der Waals surface area contributed by atoms with Crippen LogP contribution in [0.5, 0.6) is 0 Å². The Morgan fingerprint density at radius 2 is 2.12 bits per heavy atom. The third-order valence-electron chi connectivity index (χ3n) is 3.76. The fraction of sp³-hybridized carbons (Fsp3) is 0.353. The number of aromatic amines is 1. The fourth-order valence-corrected chi connectivity index (χ4v) is 3.49. The van der Waals surface area contributed by atoms with Crippen LogP contribution in [0.15, 0.2) is 35.6 Å². The molecule has 7 heteroatoms. The summed E-state index contributed by atoms with van der Waals surface area (Å²) in [5, 5.41) is 10.1. The number of ether oxygens (including phenoxy) is 1. The van der Waals surface area contributed by atoms with Crippen molar-refractivity contribution in [3.63, 3.8) is 0 Å². The summed E-state index contributed by atoms with van der Waals surface area (Å²) in [6.07, 6.45) is 1.95. The molecule has 0 aliphatic carbocycles. The molecule has 1 aromatic carbocycles. The number of thioether (sulfide) groups is 1. The summed E-state index contributed by atoms with van der Waals surface area (Å²) in [6, 6.07) is 8.09. The van der Waals surface area contributed by atoms with Gasteiger partial charge in [-0.15, -0.1) is 10.2 Å². The van der Waals surface area contributed by atoms with Gasteiger partial charge in [0.05, 0.1) is 6.61 Å². The summed E-state index contributed by atoms with van der Waals surface area (Å²) in [5.74, 6) is 0.565. The summed E-state index contributed by atoms with van der Waals surface area (Å²) >= 11 is 1.37. The predicted molar refractivity (Wildman–Crippen MR) is 94.9 cm³/mol. The molecule has 1 N–H and O–H groups in total. The summed E-state index contributed by atoms with van der Waals surface area (Å²) in [4.78, 5) is 15.1. The van der Waals surface area contributed by atoms with Gasteiger partial charge in [-0.1, -0.05) is 30.0 Å². The van der Waals surface area contributed by atoms with Gasteiger partial charge in [0.2, 0.25) is 0 Å². The molecular weight excluding hydrogens is 324 g/mol. The molecule has 0 amide bonds. The third kappa shape index (κ3) is 3.03. The Morgan fingerprint density at radius 3 is 2.88 bits per heavy atom. The van der Waals surface area contributed by atoms with Crippen LogP contribution in [-0.4, -0.2) is 37.6 Å². The molecule has 126 valence electrons. The minimum Gasteiger partial charge on any atom is -0.465 e. The molecule has 0 aliphatic rings. The van der Waals surface area contributed by atoms with E-state index >= 15 is 0 Å². The molecule has 2 aromatic heterocycles. The fourth-order valence-electron chi connectivity index (χ4n) is 2.58. The highest BCUT2D eigenvalue weighted by Gasteiger charge is 2.22. The third-order valence-corrected chi connectivity index (χ3v) is 4.82. The maximum Gasteiger partial charge on any atom is 0.319 e. The van der Waals surface area contributed by atoms with Gasteiger partial charge in [-0.2, -0.15) is 0 Å². The first-order valence-electron chi connectivity index (χ1n) is 7.98. The molecule has 2 heterocycles. The number of nitrogens with zero attached hydrogens (tertiary/aromatic N) is 3. The van der Waals surface area contributed by atoms with Crippen LogP contribution in [0.2, 0.25) is 0 Å². The van der Waals surface area contributed by atoms with Crippen LogP contribution in [0.4, 0.5) is 0 Å². The number of aromatic nitrogens is 4. The molecule has 1 atom stereocenters. The minimum atomic E-state index is -0.324. The highest BCUT2D eigenvalue weighted by molar-refractivity contribution is 8.00. The highest BCUT2D eigenvalue weighted by atomic mass is 32.2. The van der Waals surface area contributed by atoms with Crippen LogP contribution < -0.4 is 0 Å². The highest BCUT2D eigenvalue weighted by Crippen LogP contribution is 2.31. The van der Waals surface area contributed by atoms with E-state index in [1.165, 1.54) is 11.8 Å². The van der Waals surface area contributed by atoms with E-state index in [1.54, 1.807) is 6.92 Å². The monoisotopic (exact) mass is 344 g/mol. The summed E-state index contributed by atoms with van der Waals surface area (Å²) in [6.45, 7) is 6.77. The molecular formula is C17H20N4O2S. The van der Waals surface area contributed by atoms with E-state index in [0.29, 0.717) is 6.61 Å². The Hall–Kier alpha value is -2.28. The molecule has 24 heavy (non-hydrogen) atoms. The Kier molecular flexibility index (Phi) is 4.89. The molecule has 0 saturated heterocycles. The SMILES string of the molecule is CCOC(=O)C(C)Sc1nnc(-c2c[nH]c3ccccc23)n1CC. The second-order valence-electron chi connectivity index (χ2n) is 5.31. The van der Waals surface area contributed by atoms with Crippen molar-refractivity contribution in [2.75, 3.05) is 6.61 Å². The number of fused-ring (bicyclic) bond motifs is 1. The van der Waals surface area contributed by atoms with Gasteiger partial charge in [0.15, 0.2) is 11.0 Å². The van der Waals surface area contributed by atoms with Crippen LogP contribution in [-0.2, 0) is 16.1 Å². The van der Waals surface area contributed by atoms with Crippen LogP contribution in [0, 0.1) is 0 Å². The number of esters is 1. The molecule has 6 nitrogen and oxygen atoms in total. The normalized spacial score (nSPS) is 12.5. The van der Waals surface area contributed by atoms with Gasteiger partial charge in [0.25, 0.3) is 0 Å². The van der Waals surface area contributed by atoms with Gasteiger partial charge >= 0.3 is 5.97 Å². The van der Waals surface area contributed by atoms with Gasteiger partial charge in [0.1, 0.15) is 5.25 Å². The zero-order chi connectivity index (χ0) is 17.1. The quantitative estimate of drug-likeness (QED) is 0.547. The van der Waals surface area contributed by atoms with Crippen molar-refractivity contribution in [1.82, 2.24) is 19.7 Å². The van der Waals surface area contributed by atoms with Crippen molar-refractivity contribution in [2.24, 2.45) is 0 Å². The number of carbonyl (C=O) groups is 1.